The van der Waals surface area contributed by atoms with Gasteiger partial charge < -0.3 is 10.1 Å². The molecule has 0 spiro atoms. The summed E-state index contributed by atoms with van der Waals surface area (Å²) in [5.41, 5.74) is 0.440. The molecule has 0 aromatic carbocycles. The lowest BCUT2D eigenvalue weighted by molar-refractivity contribution is -0.143. The van der Waals surface area contributed by atoms with Crippen molar-refractivity contribution in [1.82, 2.24) is 10.3 Å². The van der Waals surface area contributed by atoms with Crippen LogP contribution in [0, 0.1) is 0 Å². The third-order valence-corrected chi connectivity index (χ3v) is 2.36. The van der Waals surface area contributed by atoms with Gasteiger partial charge in [-0.3, -0.25) is 9.59 Å². The fourth-order valence-corrected chi connectivity index (χ4v) is 1.39. The molecule has 1 rings (SSSR count). The van der Waals surface area contributed by atoms with E-state index >= 15 is 0 Å². The maximum absolute atomic E-state index is 11.6. The smallest absolute Gasteiger partial charge is 0.305 e. The van der Waals surface area contributed by atoms with Gasteiger partial charge in [0, 0.05) is 19.2 Å². The van der Waals surface area contributed by atoms with Crippen molar-refractivity contribution in [3.63, 3.8) is 0 Å². The number of esters is 1. The van der Waals surface area contributed by atoms with Crippen LogP contribution in [-0.4, -0.2) is 30.0 Å². The molecule has 6 heteroatoms. The Morgan fingerprint density at radius 1 is 1.44 bits per heavy atom. The van der Waals surface area contributed by atoms with Crippen LogP contribution in [0.3, 0.4) is 0 Å². The molecule has 0 fully saturated rings. The van der Waals surface area contributed by atoms with E-state index in [0.717, 1.165) is 0 Å². The third-order valence-electron chi connectivity index (χ3n) is 2.14. The number of halogens is 1. The van der Waals surface area contributed by atoms with E-state index in [1.807, 2.05) is 0 Å². The zero-order valence-electron chi connectivity index (χ0n) is 10.1. The Labute approximate surface area is 110 Å². The number of aromatic nitrogens is 1. The maximum Gasteiger partial charge on any atom is 0.305 e. The number of nitrogens with zero attached hydrogens (tertiary/aromatic N) is 1. The molecule has 1 aromatic rings. The number of ether oxygens (including phenoxy) is 1. The van der Waals surface area contributed by atoms with Crippen LogP contribution in [0.4, 0.5) is 0 Å². The predicted octanol–water partition coefficient (Wildman–Crippen LogP) is 1.81. The summed E-state index contributed by atoms with van der Waals surface area (Å²) in [5, 5.41) is 3.03. The van der Waals surface area contributed by atoms with Gasteiger partial charge in [0.05, 0.1) is 12.2 Å². The highest BCUT2D eigenvalue weighted by Gasteiger charge is 2.06. The lowest BCUT2D eigenvalue weighted by Crippen LogP contribution is -2.25. The first-order chi connectivity index (χ1) is 8.63. The Bertz CT molecular complexity index is 406. The molecule has 0 aliphatic carbocycles. The number of nitrogens with one attached hydrogen (secondary N) is 1. The van der Waals surface area contributed by atoms with Crippen molar-refractivity contribution in [2.75, 3.05) is 13.2 Å². The van der Waals surface area contributed by atoms with Gasteiger partial charge in [0.15, 0.2) is 0 Å². The van der Waals surface area contributed by atoms with Gasteiger partial charge in [-0.15, -0.1) is 0 Å². The second-order valence-corrected chi connectivity index (χ2v) is 3.92. The highest BCUT2D eigenvalue weighted by molar-refractivity contribution is 6.29. The van der Waals surface area contributed by atoms with Crippen molar-refractivity contribution < 1.29 is 14.3 Å². The van der Waals surface area contributed by atoms with Gasteiger partial charge in [-0.05, 0) is 25.5 Å². The average Bonchev–Trinajstić information content (AvgIpc) is 2.35. The summed E-state index contributed by atoms with van der Waals surface area (Å²) in [6.45, 7) is 2.55. The molecular weight excluding hydrogens is 256 g/mol. The second-order valence-electron chi connectivity index (χ2n) is 3.53. The molecule has 1 aromatic heterocycles. The Morgan fingerprint density at radius 3 is 2.83 bits per heavy atom. The van der Waals surface area contributed by atoms with Gasteiger partial charge in [0.2, 0.25) is 0 Å². The molecule has 0 saturated heterocycles. The number of hydrogen-bond acceptors (Lipinski definition) is 4. The summed E-state index contributed by atoms with van der Waals surface area (Å²) >= 11 is 5.61. The van der Waals surface area contributed by atoms with E-state index in [-0.39, 0.29) is 11.9 Å². The van der Waals surface area contributed by atoms with E-state index < -0.39 is 0 Å². The number of carbonyl (C=O) groups is 2. The van der Waals surface area contributed by atoms with Crippen molar-refractivity contribution in [3.05, 3.63) is 29.0 Å². The lowest BCUT2D eigenvalue weighted by Gasteiger charge is -2.05. The number of hydrogen-bond donors (Lipinski definition) is 1. The zero-order chi connectivity index (χ0) is 13.4. The maximum atomic E-state index is 11.6. The van der Waals surface area contributed by atoms with Gasteiger partial charge in [0.1, 0.15) is 5.15 Å². The molecule has 1 heterocycles. The van der Waals surface area contributed by atoms with Gasteiger partial charge >= 0.3 is 5.97 Å². The summed E-state index contributed by atoms with van der Waals surface area (Å²) in [4.78, 5) is 26.5. The first-order valence-corrected chi connectivity index (χ1v) is 6.06. The molecule has 18 heavy (non-hydrogen) atoms. The van der Waals surface area contributed by atoms with E-state index in [1.165, 1.54) is 6.20 Å². The first kappa shape index (κ1) is 14.4. The summed E-state index contributed by atoms with van der Waals surface area (Å²) in [6.07, 6.45) is 2.25. The molecule has 0 radical (unpaired) electrons. The largest absolute Gasteiger partial charge is 0.466 e. The van der Waals surface area contributed by atoms with Crippen molar-refractivity contribution in [1.29, 1.82) is 0 Å². The van der Waals surface area contributed by atoms with Crippen LogP contribution in [0.15, 0.2) is 18.3 Å². The molecule has 0 unspecified atom stereocenters. The molecule has 1 amide bonds. The second kappa shape index (κ2) is 7.66. The molecule has 98 valence electrons. The van der Waals surface area contributed by atoms with Gasteiger partial charge in [-0.25, -0.2) is 4.98 Å². The summed E-state index contributed by atoms with van der Waals surface area (Å²) in [6, 6.07) is 3.14. The predicted molar refractivity (Wildman–Crippen MR) is 67.4 cm³/mol. The summed E-state index contributed by atoms with van der Waals surface area (Å²) < 4.78 is 4.77. The molecule has 5 nitrogen and oxygen atoms in total. The van der Waals surface area contributed by atoms with E-state index in [9.17, 15) is 9.59 Å². The lowest BCUT2D eigenvalue weighted by atomic mass is 10.2. The SMILES string of the molecule is CCOC(=O)CCCNC(=O)c1ccc(Cl)nc1. The quantitative estimate of drug-likeness (QED) is 0.486. The van der Waals surface area contributed by atoms with Gasteiger partial charge in [-0.2, -0.15) is 0 Å². The third kappa shape index (κ3) is 5.14. The van der Waals surface area contributed by atoms with E-state index in [2.05, 4.69) is 10.3 Å². The van der Waals surface area contributed by atoms with Crippen molar-refractivity contribution in [3.8, 4) is 0 Å². The Morgan fingerprint density at radius 2 is 2.22 bits per heavy atom. The van der Waals surface area contributed by atoms with E-state index in [1.54, 1.807) is 19.1 Å². The van der Waals surface area contributed by atoms with Crippen LogP contribution < -0.4 is 5.32 Å². The van der Waals surface area contributed by atoms with Crippen LogP contribution in [0.2, 0.25) is 5.15 Å². The van der Waals surface area contributed by atoms with Crippen molar-refractivity contribution >= 4 is 23.5 Å². The summed E-state index contributed by atoms with van der Waals surface area (Å²) in [5.74, 6) is -0.483. The monoisotopic (exact) mass is 270 g/mol. The van der Waals surface area contributed by atoms with Gasteiger partial charge in [0.25, 0.3) is 5.91 Å². The van der Waals surface area contributed by atoms with Crippen molar-refractivity contribution in [2.24, 2.45) is 0 Å². The molecule has 0 aliphatic heterocycles. The average molecular weight is 271 g/mol. The highest BCUT2D eigenvalue weighted by atomic mass is 35.5. The van der Waals surface area contributed by atoms with Crippen LogP contribution in [0.1, 0.15) is 30.1 Å². The highest BCUT2D eigenvalue weighted by Crippen LogP contribution is 2.05. The number of carbonyl (C=O) groups excluding carboxylic acids is 2. The Kier molecular flexibility index (Phi) is 6.14. The normalized spacial score (nSPS) is 9.89. The Hall–Kier alpha value is -1.62. The first-order valence-electron chi connectivity index (χ1n) is 5.69. The summed E-state index contributed by atoms with van der Waals surface area (Å²) in [7, 11) is 0. The minimum Gasteiger partial charge on any atom is -0.466 e. The molecular formula is C12H15ClN2O3. The molecule has 0 atom stereocenters. The van der Waals surface area contributed by atoms with Crippen LogP contribution in [-0.2, 0) is 9.53 Å². The van der Waals surface area contributed by atoms with Crippen molar-refractivity contribution in [2.45, 2.75) is 19.8 Å². The van der Waals surface area contributed by atoms with Crippen LogP contribution in [0.5, 0.6) is 0 Å². The number of amides is 1. The van der Waals surface area contributed by atoms with E-state index in [0.29, 0.717) is 36.7 Å². The minimum atomic E-state index is -0.250. The number of pyridine rings is 1. The van der Waals surface area contributed by atoms with E-state index in [4.69, 9.17) is 16.3 Å². The fourth-order valence-electron chi connectivity index (χ4n) is 1.28. The fraction of sp³-hybridized carbons (Fsp3) is 0.417. The molecule has 1 N–H and O–H groups in total. The Balaban J connectivity index is 2.25. The molecule has 0 bridgehead atoms. The van der Waals surface area contributed by atoms with Crippen LogP contribution in [0.25, 0.3) is 0 Å². The molecule has 0 aliphatic rings. The zero-order valence-corrected chi connectivity index (χ0v) is 10.9. The topological polar surface area (TPSA) is 68.3 Å². The number of rotatable bonds is 6. The minimum absolute atomic E-state index is 0.233. The molecule has 0 saturated carbocycles. The van der Waals surface area contributed by atoms with Crippen LogP contribution >= 0.6 is 11.6 Å². The standard InChI is InChI=1S/C12H15ClN2O3/c1-2-18-11(16)4-3-7-14-12(17)9-5-6-10(13)15-8-9/h5-6,8H,2-4,7H2,1H3,(H,14,17). The van der Waals surface area contributed by atoms with Gasteiger partial charge in [-0.1, -0.05) is 11.6 Å².